The van der Waals surface area contributed by atoms with Crippen LogP contribution in [0.5, 0.6) is 0 Å². The smallest absolute Gasteiger partial charge is 0.259 e. The first-order valence-electron chi connectivity index (χ1n) is 7.53. The summed E-state index contributed by atoms with van der Waals surface area (Å²) in [5, 5.41) is 10.2. The van der Waals surface area contributed by atoms with Crippen molar-refractivity contribution in [1.82, 2.24) is 4.90 Å². The molecule has 3 rings (SSSR count). The molecule has 3 aliphatic rings. The zero-order valence-corrected chi connectivity index (χ0v) is 13.2. The maximum absolute atomic E-state index is 12.5. The minimum absolute atomic E-state index is 0.0663. The molecule has 0 radical (unpaired) electrons. The first-order valence-corrected chi connectivity index (χ1v) is 7.53. The predicted molar refractivity (Wildman–Crippen MR) is 74.5 cm³/mol. The highest BCUT2D eigenvalue weighted by atomic mass is 16.7. The third kappa shape index (κ3) is 1.96. The largest absolute Gasteiger partial charge is 0.376 e. The summed E-state index contributed by atoms with van der Waals surface area (Å²) in [6.45, 7) is 5.13. The number of carbonyl (C=O) groups is 1. The molecule has 2 heterocycles. The second-order valence-electron chi connectivity index (χ2n) is 7.18. The zero-order chi connectivity index (χ0) is 15.5. The van der Waals surface area contributed by atoms with Gasteiger partial charge in [-0.3, -0.25) is 4.79 Å². The van der Waals surface area contributed by atoms with E-state index in [4.69, 9.17) is 14.2 Å². The van der Waals surface area contributed by atoms with Gasteiger partial charge in [0.1, 0.15) is 0 Å². The molecule has 0 bridgehead atoms. The normalized spacial score (nSPS) is 31.5. The van der Waals surface area contributed by atoms with Crippen molar-refractivity contribution in [1.29, 1.82) is 0 Å². The van der Waals surface area contributed by atoms with E-state index in [1.807, 2.05) is 4.90 Å². The van der Waals surface area contributed by atoms with Gasteiger partial charge in [0, 0.05) is 45.1 Å². The van der Waals surface area contributed by atoms with E-state index in [2.05, 4.69) is 13.8 Å². The monoisotopic (exact) mass is 299 g/mol. The fourth-order valence-corrected chi connectivity index (χ4v) is 4.41. The Morgan fingerprint density at radius 2 is 1.86 bits per heavy atom. The highest BCUT2D eigenvalue weighted by molar-refractivity contribution is 5.87. The van der Waals surface area contributed by atoms with Crippen LogP contribution < -0.4 is 0 Å². The SMILES string of the molecule is COC1(OC)CC2(CN(C(=O)C3(O)COC3)C2C(C)C)C1. The van der Waals surface area contributed by atoms with E-state index in [-0.39, 0.29) is 30.6 Å². The Balaban J connectivity index is 1.72. The lowest BCUT2D eigenvalue weighted by atomic mass is 9.52. The third-order valence-electron chi connectivity index (χ3n) is 5.41. The fourth-order valence-electron chi connectivity index (χ4n) is 4.41. The first kappa shape index (κ1) is 15.2. The van der Waals surface area contributed by atoms with Crippen LogP contribution in [0, 0.1) is 11.3 Å². The number of nitrogens with zero attached hydrogens (tertiary/aromatic N) is 1. The van der Waals surface area contributed by atoms with Crippen molar-refractivity contribution in [3.05, 3.63) is 0 Å². The summed E-state index contributed by atoms with van der Waals surface area (Å²) in [6.07, 6.45) is 1.60. The van der Waals surface area contributed by atoms with Gasteiger partial charge in [-0.05, 0) is 5.92 Å². The van der Waals surface area contributed by atoms with E-state index in [9.17, 15) is 9.90 Å². The molecule has 1 spiro atoms. The van der Waals surface area contributed by atoms with Gasteiger partial charge in [-0.25, -0.2) is 0 Å². The van der Waals surface area contributed by atoms with E-state index < -0.39 is 11.4 Å². The number of carbonyl (C=O) groups excluding carboxylic acids is 1. The van der Waals surface area contributed by atoms with Crippen LogP contribution in [-0.4, -0.2) is 67.3 Å². The third-order valence-corrected chi connectivity index (χ3v) is 5.41. The maximum atomic E-state index is 12.5. The zero-order valence-electron chi connectivity index (χ0n) is 13.2. The number of likely N-dealkylation sites (tertiary alicyclic amines) is 1. The van der Waals surface area contributed by atoms with Gasteiger partial charge >= 0.3 is 0 Å². The van der Waals surface area contributed by atoms with Crippen LogP contribution in [0.2, 0.25) is 0 Å². The average Bonchev–Trinajstić information content (AvgIpc) is 2.33. The van der Waals surface area contributed by atoms with Crippen molar-refractivity contribution in [3.8, 4) is 0 Å². The number of amides is 1. The molecule has 120 valence electrons. The van der Waals surface area contributed by atoms with Crippen molar-refractivity contribution in [2.24, 2.45) is 11.3 Å². The summed E-state index contributed by atoms with van der Waals surface area (Å²) in [6, 6.07) is 0.132. The second kappa shape index (κ2) is 4.65. The van der Waals surface area contributed by atoms with Crippen LogP contribution in [0.1, 0.15) is 26.7 Å². The molecule has 6 heteroatoms. The molecule has 2 aliphatic heterocycles. The summed E-state index contributed by atoms with van der Waals surface area (Å²) in [7, 11) is 3.33. The molecule has 1 saturated carbocycles. The molecular weight excluding hydrogens is 274 g/mol. The van der Waals surface area contributed by atoms with Gasteiger partial charge in [-0.2, -0.15) is 0 Å². The number of rotatable bonds is 4. The second-order valence-corrected chi connectivity index (χ2v) is 7.18. The maximum Gasteiger partial charge on any atom is 0.259 e. The van der Waals surface area contributed by atoms with E-state index in [0.717, 1.165) is 12.8 Å². The Hall–Kier alpha value is -0.690. The molecule has 21 heavy (non-hydrogen) atoms. The van der Waals surface area contributed by atoms with Crippen LogP contribution in [0.25, 0.3) is 0 Å². The lowest BCUT2D eigenvalue weighted by Crippen LogP contribution is -2.79. The number of ether oxygens (including phenoxy) is 3. The standard InChI is InChI=1S/C15H25NO5/c1-10(2)11-13(5-15(6-13,19-3)20-4)7-16(11)12(17)14(18)8-21-9-14/h10-11,18H,5-9H2,1-4H3. The fraction of sp³-hybridized carbons (Fsp3) is 0.933. The molecular formula is C15H25NO5. The summed E-state index contributed by atoms with van der Waals surface area (Å²) in [4.78, 5) is 14.3. The van der Waals surface area contributed by atoms with Crippen LogP contribution >= 0.6 is 0 Å². The number of hydrogen-bond acceptors (Lipinski definition) is 5. The summed E-state index contributed by atoms with van der Waals surface area (Å²) in [5.41, 5.74) is -1.24. The lowest BCUT2D eigenvalue weighted by Gasteiger charge is -2.69. The Bertz CT molecular complexity index is 433. The van der Waals surface area contributed by atoms with Crippen LogP contribution in [0.4, 0.5) is 0 Å². The van der Waals surface area contributed by atoms with Crippen molar-refractivity contribution in [2.45, 2.75) is 44.1 Å². The quantitative estimate of drug-likeness (QED) is 0.760. The predicted octanol–water partition coefficient (Wildman–Crippen LogP) is 0.384. The Labute approximate surface area is 125 Å². The van der Waals surface area contributed by atoms with E-state index in [1.54, 1.807) is 14.2 Å². The van der Waals surface area contributed by atoms with E-state index in [1.165, 1.54) is 0 Å². The summed E-state index contributed by atoms with van der Waals surface area (Å²) in [5.74, 6) is -0.358. The lowest BCUT2D eigenvalue weighted by molar-refractivity contribution is -0.337. The molecule has 1 unspecified atom stereocenters. The molecule has 1 atom stereocenters. The van der Waals surface area contributed by atoms with Crippen molar-refractivity contribution < 1.29 is 24.1 Å². The molecule has 6 nitrogen and oxygen atoms in total. The Kier molecular flexibility index (Phi) is 3.37. The van der Waals surface area contributed by atoms with E-state index >= 15 is 0 Å². The Morgan fingerprint density at radius 3 is 2.24 bits per heavy atom. The van der Waals surface area contributed by atoms with Crippen LogP contribution in [0.15, 0.2) is 0 Å². The number of hydrogen-bond donors (Lipinski definition) is 1. The molecule has 1 N–H and O–H groups in total. The topological polar surface area (TPSA) is 68.2 Å². The molecule has 0 aromatic rings. The van der Waals surface area contributed by atoms with Crippen molar-refractivity contribution in [2.75, 3.05) is 34.0 Å². The van der Waals surface area contributed by atoms with Crippen molar-refractivity contribution >= 4 is 5.91 Å². The summed E-state index contributed by atoms with van der Waals surface area (Å²) >= 11 is 0. The Morgan fingerprint density at radius 1 is 1.29 bits per heavy atom. The van der Waals surface area contributed by atoms with Crippen molar-refractivity contribution in [3.63, 3.8) is 0 Å². The highest BCUT2D eigenvalue weighted by Gasteiger charge is 2.69. The average molecular weight is 299 g/mol. The molecule has 2 saturated heterocycles. The highest BCUT2D eigenvalue weighted by Crippen LogP contribution is 2.61. The number of methoxy groups -OCH3 is 2. The van der Waals surface area contributed by atoms with Gasteiger partial charge in [-0.15, -0.1) is 0 Å². The molecule has 0 aromatic carbocycles. The van der Waals surface area contributed by atoms with E-state index in [0.29, 0.717) is 12.5 Å². The number of aliphatic hydroxyl groups is 1. The molecule has 1 aliphatic carbocycles. The van der Waals surface area contributed by atoms with Gasteiger partial charge in [-0.1, -0.05) is 13.8 Å². The molecule has 1 amide bonds. The first-order chi connectivity index (χ1) is 9.81. The van der Waals surface area contributed by atoms with Gasteiger partial charge in [0.15, 0.2) is 11.4 Å². The summed E-state index contributed by atoms with van der Waals surface area (Å²) < 4.78 is 16.0. The minimum Gasteiger partial charge on any atom is -0.376 e. The van der Waals surface area contributed by atoms with Crippen LogP contribution in [-0.2, 0) is 19.0 Å². The van der Waals surface area contributed by atoms with Gasteiger partial charge in [0.05, 0.1) is 13.2 Å². The van der Waals surface area contributed by atoms with Crippen LogP contribution in [0.3, 0.4) is 0 Å². The van der Waals surface area contributed by atoms with Gasteiger partial charge in [0.2, 0.25) is 0 Å². The molecule has 3 fully saturated rings. The van der Waals surface area contributed by atoms with Gasteiger partial charge < -0.3 is 24.2 Å². The minimum atomic E-state index is -1.31. The molecule has 0 aromatic heterocycles. The van der Waals surface area contributed by atoms with Gasteiger partial charge in [0.25, 0.3) is 5.91 Å².